The Morgan fingerprint density at radius 2 is 1.91 bits per heavy atom. The molecule has 0 aliphatic carbocycles. The maximum atomic E-state index is 13.1. The van der Waals surface area contributed by atoms with E-state index in [1.807, 2.05) is 37.3 Å². The maximum Gasteiger partial charge on any atom is 0.251 e. The summed E-state index contributed by atoms with van der Waals surface area (Å²) in [5.41, 5.74) is 4.36. The Kier molecular flexibility index (Phi) is 7.33. The van der Waals surface area contributed by atoms with Crippen molar-refractivity contribution in [1.82, 2.24) is 20.7 Å². The number of nitrogens with one attached hydrogen (secondary N) is 2. The molecule has 184 valence electrons. The van der Waals surface area contributed by atoms with Gasteiger partial charge in [0, 0.05) is 41.3 Å². The van der Waals surface area contributed by atoms with Crippen LogP contribution in [0.1, 0.15) is 48.3 Å². The molecule has 1 aliphatic heterocycles. The van der Waals surface area contributed by atoms with Gasteiger partial charge in [0.2, 0.25) is 5.91 Å². The summed E-state index contributed by atoms with van der Waals surface area (Å²) in [6, 6.07) is 17.3. The molecule has 1 aromatic heterocycles. The van der Waals surface area contributed by atoms with E-state index in [-0.39, 0.29) is 12.3 Å². The molecule has 0 bridgehead atoms. The molecule has 1 atom stereocenters. The van der Waals surface area contributed by atoms with E-state index in [1.54, 1.807) is 29.7 Å². The number of carbonyl (C=O) groups is 2. The van der Waals surface area contributed by atoms with Crippen molar-refractivity contribution in [3.8, 4) is 5.75 Å². The van der Waals surface area contributed by atoms with Gasteiger partial charge in [0.05, 0.1) is 17.5 Å². The molecule has 4 rings (SSSR count). The van der Waals surface area contributed by atoms with Crippen LogP contribution in [0.4, 0.5) is 0 Å². The van der Waals surface area contributed by atoms with E-state index in [0.717, 1.165) is 28.7 Å². The summed E-state index contributed by atoms with van der Waals surface area (Å²) in [5, 5.41) is 13.1. The number of benzene rings is 2. The van der Waals surface area contributed by atoms with Crippen molar-refractivity contribution in [3.05, 3.63) is 71.4 Å². The summed E-state index contributed by atoms with van der Waals surface area (Å²) in [7, 11) is 0. The number of aryl methyl sites for hydroxylation is 1. The number of hydroxylamine groups is 1. The normalized spacial score (nSPS) is 18.1. The van der Waals surface area contributed by atoms with E-state index in [0.29, 0.717) is 36.9 Å². The van der Waals surface area contributed by atoms with Gasteiger partial charge in [-0.3, -0.25) is 24.7 Å². The van der Waals surface area contributed by atoms with Gasteiger partial charge in [-0.1, -0.05) is 18.2 Å². The molecule has 3 aromatic rings. The van der Waals surface area contributed by atoms with Gasteiger partial charge in [-0.2, -0.15) is 0 Å². The minimum Gasteiger partial charge on any atom is -0.489 e. The van der Waals surface area contributed by atoms with Gasteiger partial charge >= 0.3 is 0 Å². The van der Waals surface area contributed by atoms with Gasteiger partial charge in [0.25, 0.3) is 5.91 Å². The second kappa shape index (κ2) is 10.4. The fourth-order valence-corrected chi connectivity index (χ4v) is 4.67. The van der Waals surface area contributed by atoms with E-state index in [4.69, 9.17) is 9.94 Å². The molecule has 1 fully saturated rings. The zero-order valence-corrected chi connectivity index (χ0v) is 20.4. The van der Waals surface area contributed by atoms with Crippen LogP contribution in [0.15, 0.2) is 54.6 Å². The van der Waals surface area contributed by atoms with Crippen LogP contribution in [-0.2, 0) is 11.4 Å². The molecule has 1 saturated heterocycles. The summed E-state index contributed by atoms with van der Waals surface area (Å²) in [6.07, 6.45) is 0.643. The lowest BCUT2D eigenvalue weighted by molar-refractivity contribution is -0.130. The average molecular weight is 477 g/mol. The Bertz CT molecular complexity index is 1210. The van der Waals surface area contributed by atoms with E-state index >= 15 is 0 Å². The second-order valence-electron chi connectivity index (χ2n) is 9.51. The molecule has 0 radical (unpaired) electrons. The standard InChI is InChI=1S/C27H32N4O4/c1-18(2)31-13-12-27(17-31,15-25(32)30-34)29-26(33)20-8-10-22(11-9-20)35-16-21-14-19(3)28-24-7-5-4-6-23(21)24/h4-11,14,18,34H,12-13,15-17H2,1-3H3,(H,29,33)(H,30,32). The van der Waals surface area contributed by atoms with Crippen molar-refractivity contribution < 1.29 is 19.5 Å². The minimum atomic E-state index is -0.733. The fraction of sp³-hybridized carbons (Fsp3) is 0.370. The first-order valence-corrected chi connectivity index (χ1v) is 11.9. The Balaban J connectivity index is 1.43. The van der Waals surface area contributed by atoms with Crippen LogP contribution >= 0.6 is 0 Å². The lowest BCUT2D eigenvalue weighted by Gasteiger charge is -2.31. The molecule has 8 nitrogen and oxygen atoms in total. The van der Waals surface area contributed by atoms with Crippen molar-refractivity contribution in [2.24, 2.45) is 0 Å². The Morgan fingerprint density at radius 3 is 2.60 bits per heavy atom. The van der Waals surface area contributed by atoms with Crippen molar-refractivity contribution in [3.63, 3.8) is 0 Å². The molecule has 1 unspecified atom stereocenters. The molecular formula is C27H32N4O4. The average Bonchev–Trinajstić information content (AvgIpc) is 3.26. The third-order valence-electron chi connectivity index (χ3n) is 6.56. The quantitative estimate of drug-likeness (QED) is 0.339. The number of pyridine rings is 1. The Labute approximate surface area is 205 Å². The van der Waals surface area contributed by atoms with Gasteiger partial charge in [-0.25, -0.2) is 5.48 Å². The maximum absolute atomic E-state index is 13.1. The lowest BCUT2D eigenvalue weighted by atomic mass is 9.93. The summed E-state index contributed by atoms with van der Waals surface area (Å²) < 4.78 is 6.00. The molecular weight excluding hydrogens is 444 g/mol. The van der Waals surface area contributed by atoms with Crippen LogP contribution < -0.4 is 15.5 Å². The minimum absolute atomic E-state index is 0.0129. The van der Waals surface area contributed by atoms with E-state index in [1.165, 1.54) is 0 Å². The van der Waals surface area contributed by atoms with E-state index in [9.17, 15) is 9.59 Å². The first-order chi connectivity index (χ1) is 16.8. The van der Waals surface area contributed by atoms with Crippen molar-refractivity contribution in [2.45, 2.75) is 51.8 Å². The number of carbonyl (C=O) groups excluding carboxylic acids is 2. The number of aromatic nitrogens is 1. The number of hydrogen-bond donors (Lipinski definition) is 3. The molecule has 3 N–H and O–H groups in total. The van der Waals surface area contributed by atoms with Crippen molar-refractivity contribution >= 4 is 22.7 Å². The van der Waals surface area contributed by atoms with Gasteiger partial charge in [-0.15, -0.1) is 0 Å². The van der Waals surface area contributed by atoms with Crippen LogP contribution in [0.3, 0.4) is 0 Å². The number of hydrogen-bond acceptors (Lipinski definition) is 6. The predicted octanol–water partition coefficient (Wildman–Crippen LogP) is 3.60. The largest absolute Gasteiger partial charge is 0.489 e. The number of para-hydroxylation sites is 1. The summed E-state index contributed by atoms with van der Waals surface area (Å²) in [5.74, 6) is -0.122. The molecule has 2 heterocycles. The van der Waals surface area contributed by atoms with E-state index < -0.39 is 11.4 Å². The molecule has 2 amide bonds. The topological polar surface area (TPSA) is 104 Å². The number of fused-ring (bicyclic) bond motifs is 1. The lowest BCUT2D eigenvalue weighted by Crippen LogP contribution is -2.53. The number of ether oxygens (including phenoxy) is 1. The van der Waals surface area contributed by atoms with Crippen molar-refractivity contribution in [2.75, 3.05) is 13.1 Å². The monoisotopic (exact) mass is 476 g/mol. The first-order valence-electron chi connectivity index (χ1n) is 11.9. The van der Waals surface area contributed by atoms with Crippen LogP contribution in [0.25, 0.3) is 10.9 Å². The van der Waals surface area contributed by atoms with Gasteiger partial charge < -0.3 is 10.1 Å². The number of amides is 2. The first kappa shape index (κ1) is 24.6. The van der Waals surface area contributed by atoms with Crippen LogP contribution in [0.5, 0.6) is 5.75 Å². The number of likely N-dealkylation sites (tertiary alicyclic amines) is 1. The van der Waals surface area contributed by atoms with Gasteiger partial charge in [0.1, 0.15) is 12.4 Å². The zero-order valence-electron chi connectivity index (χ0n) is 20.4. The van der Waals surface area contributed by atoms with Gasteiger partial charge in [-0.05, 0) is 63.6 Å². The molecule has 1 aliphatic rings. The highest BCUT2D eigenvalue weighted by Gasteiger charge is 2.42. The molecule has 35 heavy (non-hydrogen) atoms. The molecule has 0 saturated carbocycles. The van der Waals surface area contributed by atoms with Crippen molar-refractivity contribution in [1.29, 1.82) is 0 Å². The van der Waals surface area contributed by atoms with Crippen LogP contribution in [-0.4, -0.2) is 51.6 Å². The highest BCUT2D eigenvalue weighted by atomic mass is 16.5. The Hall–Kier alpha value is -3.49. The van der Waals surface area contributed by atoms with Crippen LogP contribution in [0.2, 0.25) is 0 Å². The third kappa shape index (κ3) is 5.78. The van der Waals surface area contributed by atoms with Crippen LogP contribution in [0, 0.1) is 6.92 Å². The SMILES string of the molecule is Cc1cc(COc2ccc(C(=O)NC3(CC(=O)NO)CCN(C(C)C)C3)cc2)c2ccccc2n1. The molecule has 0 spiro atoms. The summed E-state index contributed by atoms with van der Waals surface area (Å²) in [6.45, 7) is 7.83. The summed E-state index contributed by atoms with van der Waals surface area (Å²) >= 11 is 0. The molecule has 2 aromatic carbocycles. The smallest absolute Gasteiger partial charge is 0.251 e. The predicted molar refractivity (Wildman–Crippen MR) is 133 cm³/mol. The highest BCUT2D eigenvalue weighted by Crippen LogP contribution is 2.27. The highest BCUT2D eigenvalue weighted by molar-refractivity contribution is 5.95. The Morgan fingerprint density at radius 1 is 1.17 bits per heavy atom. The van der Waals surface area contributed by atoms with Gasteiger partial charge in [0.15, 0.2) is 0 Å². The number of rotatable bonds is 8. The second-order valence-corrected chi connectivity index (χ2v) is 9.51. The zero-order chi connectivity index (χ0) is 25.0. The fourth-order valence-electron chi connectivity index (χ4n) is 4.67. The summed E-state index contributed by atoms with van der Waals surface area (Å²) in [4.78, 5) is 31.8. The third-order valence-corrected chi connectivity index (χ3v) is 6.56. The number of nitrogens with zero attached hydrogens (tertiary/aromatic N) is 2. The molecule has 8 heteroatoms. The van der Waals surface area contributed by atoms with E-state index in [2.05, 4.69) is 29.0 Å².